The summed E-state index contributed by atoms with van der Waals surface area (Å²) in [5, 5.41) is 9.37. The van der Waals surface area contributed by atoms with E-state index in [2.05, 4.69) is 0 Å². The zero-order valence-corrected chi connectivity index (χ0v) is 14.2. The van der Waals surface area contributed by atoms with E-state index >= 15 is 0 Å². The first kappa shape index (κ1) is 18.3. The van der Waals surface area contributed by atoms with Crippen molar-refractivity contribution >= 4 is 17.6 Å². The first-order valence-corrected chi connectivity index (χ1v) is 8.44. The molecule has 0 radical (unpaired) electrons. The van der Waals surface area contributed by atoms with Gasteiger partial charge in [0, 0.05) is 25.9 Å². The normalized spacial score (nSPS) is 15.2. The van der Waals surface area contributed by atoms with Crippen LogP contribution in [0.2, 0.25) is 0 Å². The molecule has 0 atom stereocenters. The quantitative estimate of drug-likeness (QED) is 0.748. The molecular weight excluding hydrogens is 308 g/mol. The molecule has 1 aromatic rings. The fourth-order valence-electron chi connectivity index (χ4n) is 3.25. The van der Waals surface area contributed by atoms with Gasteiger partial charge in [0.15, 0.2) is 0 Å². The molecule has 1 aromatic carbocycles. The van der Waals surface area contributed by atoms with Gasteiger partial charge in [-0.25, -0.2) is 4.79 Å². The number of anilines is 1. The molecule has 1 amide bonds. The van der Waals surface area contributed by atoms with Crippen LogP contribution in [0.25, 0.3) is 0 Å². The lowest BCUT2D eigenvalue weighted by Gasteiger charge is -2.30. The Labute approximate surface area is 142 Å². The highest BCUT2D eigenvalue weighted by molar-refractivity contribution is 6.05. The van der Waals surface area contributed by atoms with Gasteiger partial charge in [-0.3, -0.25) is 4.79 Å². The van der Waals surface area contributed by atoms with E-state index in [-0.39, 0.29) is 17.0 Å². The minimum Gasteiger partial charge on any atom is -0.478 e. The van der Waals surface area contributed by atoms with Crippen LogP contribution >= 0.6 is 0 Å². The molecular formula is C18H26N2O4. The van der Waals surface area contributed by atoms with Crippen LogP contribution in [0.1, 0.15) is 52.8 Å². The molecule has 0 heterocycles. The average molecular weight is 334 g/mol. The number of ether oxygens (including phenoxy) is 1. The molecule has 0 aliphatic heterocycles. The molecule has 1 aliphatic carbocycles. The predicted molar refractivity (Wildman–Crippen MR) is 92.2 cm³/mol. The highest BCUT2D eigenvalue weighted by Gasteiger charge is 2.25. The minimum absolute atomic E-state index is 0.0499. The minimum atomic E-state index is -1.14. The number of aromatic carboxylic acids is 1. The first-order chi connectivity index (χ1) is 11.5. The average Bonchev–Trinajstić information content (AvgIpc) is 2.58. The Morgan fingerprint density at radius 1 is 1.25 bits per heavy atom. The van der Waals surface area contributed by atoms with E-state index in [0.717, 1.165) is 12.8 Å². The number of hydrogen-bond donors (Lipinski definition) is 2. The molecule has 0 bridgehead atoms. The van der Waals surface area contributed by atoms with Gasteiger partial charge in [0.1, 0.15) is 0 Å². The summed E-state index contributed by atoms with van der Waals surface area (Å²) in [5.41, 5.74) is 6.13. The van der Waals surface area contributed by atoms with E-state index in [1.807, 2.05) is 0 Å². The van der Waals surface area contributed by atoms with Crippen LogP contribution in [-0.4, -0.2) is 48.7 Å². The van der Waals surface area contributed by atoms with Gasteiger partial charge in [0.25, 0.3) is 5.91 Å². The summed E-state index contributed by atoms with van der Waals surface area (Å²) in [4.78, 5) is 26.1. The summed E-state index contributed by atoms with van der Waals surface area (Å²) in [6.45, 7) is 1.52. The number of nitrogens with two attached hydrogens (primary N) is 1. The highest BCUT2D eigenvalue weighted by atomic mass is 16.5. The van der Waals surface area contributed by atoms with E-state index in [1.54, 1.807) is 18.1 Å². The van der Waals surface area contributed by atoms with Crippen molar-refractivity contribution in [2.45, 2.75) is 32.1 Å². The third-order valence-electron chi connectivity index (χ3n) is 4.56. The number of carbonyl (C=O) groups is 2. The zero-order valence-electron chi connectivity index (χ0n) is 14.2. The maximum atomic E-state index is 12.9. The van der Waals surface area contributed by atoms with Crippen molar-refractivity contribution in [3.63, 3.8) is 0 Å². The SMILES string of the molecule is COCCN(CC1CCCCC1)C(=O)c1ccc(N)cc1C(=O)O. The lowest BCUT2D eigenvalue weighted by atomic mass is 9.88. The maximum Gasteiger partial charge on any atom is 0.336 e. The fraction of sp³-hybridized carbons (Fsp3) is 0.556. The number of nitrogens with zero attached hydrogens (tertiary/aromatic N) is 1. The summed E-state index contributed by atoms with van der Waals surface area (Å²) in [5.74, 6) is -0.938. The number of amides is 1. The van der Waals surface area contributed by atoms with Crippen LogP contribution in [0.3, 0.4) is 0 Å². The molecule has 24 heavy (non-hydrogen) atoms. The number of hydrogen-bond acceptors (Lipinski definition) is 4. The molecule has 0 unspecified atom stereocenters. The largest absolute Gasteiger partial charge is 0.478 e. The van der Waals surface area contributed by atoms with Crippen molar-refractivity contribution in [3.05, 3.63) is 29.3 Å². The van der Waals surface area contributed by atoms with E-state index in [1.165, 1.54) is 31.4 Å². The molecule has 1 fully saturated rings. The van der Waals surface area contributed by atoms with Gasteiger partial charge in [0.2, 0.25) is 0 Å². The second kappa shape index (κ2) is 8.68. The fourth-order valence-corrected chi connectivity index (χ4v) is 3.25. The number of benzene rings is 1. The first-order valence-electron chi connectivity index (χ1n) is 8.44. The predicted octanol–water partition coefficient (Wildman–Crippen LogP) is 2.64. The molecule has 0 saturated heterocycles. The van der Waals surface area contributed by atoms with Gasteiger partial charge in [-0.2, -0.15) is 0 Å². The van der Waals surface area contributed by atoms with Crippen LogP contribution in [-0.2, 0) is 4.74 Å². The van der Waals surface area contributed by atoms with Crippen molar-refractivity contribution in [3.8, 4) is 0 Å². The van der Waals surface area contributed by atoms with E-state index in [9.17, 15) is 14.7 Å². The Kier molecular flexibility index (Phi) is 6.61. The number of rotatable bonds is 7. The van der Waals surface area contributed by atoms with Gasteiger partial charge >= 0.3 is 5.97 Å². The molecule has 2 rings (SSSR count). The number of nitrogen functional groups attached to an aromatic ring is 1. The van der Waals surface area contributed by atoms with Crippen LogP contribution in [0.15, 0.2) is 18.2 Å². The second-order valence-electron chi connectivity index (χ2n) is 6.36. The second-order valence-corrected chi connectivity index (χ2v) is 6.36. The van der Waals surface area contributed by atoms with Crippen molar-refractivity contribution in [1.82, 2.24) is 4.90 Å². The number of carboxylic acid groups (broad SMARTS) is 1. The lowest BCUT2D eigenvalue weighted by Crippen LogP contribution is -2.39. The molecule has 132 valence electrons. The molecule has 1 saturated carbocycles. The standard InChI is InChI=1S/C18H26N2O4/c1-24-10-9-20(12-13-5-3-2-4-6-13)17(21)15-8-7-14(19)11-16(15)18(22)23/h7-8,11,13H,2-6,9-10,12,19H2,1H3,(H,22,23). The molecule has 0 spiro atoms. The Morgan fingerprint density at radius 3 is 2.58 bits per heavy atom. The van der Waals surface area contributed by atoms with Gasteiger partial charge in [-0.1, -0.05) is 19.3 Å². The van der Waals surface area contributed by atoms with E-state index in [4.69, 9.17) is 10.5 Å². The van der Waals surface area contributed by atoms with E-state index in [0.29, 0.717) is 31.3 Å². The number of carbonyl (C=O) groups excluding carboxylic acids is 1. The van der Waals surface area contributed by atoms with Crippen LogP contribution in [0.5, 0.6) is 0 Å². The van der Waals surface area contributed by atoms with Crippen LogP contribution in [0, 0.1) is 5.92 Å². The zero-order chi connectivity index (χ0) is 17.5. The molecule has 6 nitrogen and oxygen atoms in total. The number of methoxy groups -OCH3 is 1. The Hall–Kier alpha value is -2.08. The molecule has 6 heteroatoms. The molecule has 0 aromatic heterocycles. The van der Waals surface area contributed by atoms with Crippen molar-refractivity contribution in [2.24, 2.45) is 5.92 Å². The molecule has 3 N–H and O–H groups in total. The number of carboxylic acids is 1. The van der Waals surface area contributed by atoms with Gasteiger partial charge in [-0.05, 0) is 37.0 Å². The summed E-state index contributed by atoms with van der Waals surface area (Å²) < 4.78 is 5.11. The van der Waals surface area contributed by atoms with Gasteiger partial charge in [0.05, 0.1) is 17.7 Å². The summed E-state index contributed by atoms with van der Waals surface area (Å²) in [6, 6.07) is 4.40. The third kappa shape index (κ3) is 4.71. The Balaban J connectivity index is 2.21. The summed E-state index contributed by atoms with van der Waals surface area (Å²) in [7, 11) is 1.59. The van der Waals surface area contributed by atoms with Gasteiger partial charge in [-0.15, -0.1) is 0 Å². The smallest absolute Gasteiger partial charge is 0.336 e. The van der Waals surface area contributed by atoms with Crippen molar-refractivity contribution in [1.29, 1.82) is 0 Å². The van der Waals surface area contributed by atoms with E-state index < -0.39 is 5.97 Å². The lowest BCUT2D eigenvalue weighted by molar-refractivity contribution is 0.0624. The topological polar surface area (TPSA) is 92.9 Å². The summed E-state index contributed by atoms with van der Waals surface area (Å²) in [6.07, 6.45) is 5.87. The molecule has 1 aliphatic rings. The van der Waals surface area contributed by atoms with Gasteiger partial charge < -0.3 is 20.5 Å². The maximum absolute atomic E-state index is 12.9. The van der Waals surface area contributed by atoms with Crippen molar-refractivity contribution < 1.29 is 19.4 Å². The van der Waals surface area contributed by atoms with Crippen molar-refractivity contribution in [2.75, 3.05) is 32.5 Å². The third-order valence-corrected chi connectivity index (χ3v) is 4.56. The Bertz CT molecular complexity index is 582. The Morgan fingerprint density at radius 2 is 1.96 bits per heavy atom. The summed E-state index contributed by atoms with van der Waals surface area (Å²) >= 11 is 0. The van der Waals surface area contributed by atoms with Crippen LogP contribution < -0.4 is 5.73 Å². The monoisotopic (exact) mass is 334 g/mol. The highest BCUT2D eigenvalue weighted by Crippen LogP contribution is 2.25. The van der Waals surface area contributed by atoms with Crippen LogP contribution in [0.4, 0.5) is 5.69 Å².